The van der Waals surface area contributed by atoms with Crippen LogP contribution < -0.4 is 10.6 Å². The predicted molar refractivity (Wildman–Crippen MR) is 68.7 cm³/mol. The molecular weight excluding hydrogens is 276 g/mol. The number of benzene rings is 1. The van der Waals surface area contributed by atoms with Gasteiger partial charge in [0.1, 0.15) is 0 Å². The first-order valence-corrected chi connectivity index (χ1v) is 5.79. The third-order valence-electron chi connectivity index (χ3n) is 1.76. The second-order valence-electron chi connectivity index (χ2n) is 2.96. The second kappa shape index (κ2) is 6.76. The van der Waals surface area contributed by atoms with Crippen molar-refractivity contribution >= 4 is 33.3 Å². The summed E-state index contributed by atoms with van der Waals surface area (Å²) in [5.74, 6) is 0. The molecule has 0 aliphatic carbocycles. The molecule has 0 saturated heterocycles. The second-order valence-corrected chi connectivity index (χ2v) is 4.28. The van der Waals surface area contributed by atoms with E-state index >= 15 is 0 Å². The summed E-state index contributed by atoms with van der Waals surface area (Å²) < 4.78 is 1.06. The van der Waals surface area contributed by atoms with Gasteiger partial charge in [0.15, 0.2) is 5.11 Å². The Kier molecular flexibility index (Phi) is 5.60. The summed E-state index contributed by atoms with van der Waals surface area (Å²) in [5, 5.41) is 15.1. The number of nitrogens with one attached hydrogen (secondary N) is 2. The molecule has 0 amide bonds. The van der Waals surface area contributed by atoms with E-state index in [1.165, 1.54) is 0 Å². The molecule has 0 aliphatic heterocycles. The maximum Gasteiger partial charge on any atom is 0.166 e. The Morgan fingerprint density at radius 1 is 1.27 bits per heavy atom. The Hall–Kier alpha value is -0.650. The molecule has 82 valence electrons. The Morgan fingerprint density at radius 2 is 1.93 bits per heavy atom. The molecule has 0 unspecified atom stereocenters. The van der Waals surface area contributed by atoms with E-state index in [0.717, 1.165) is 10.0 Å². The molecule has 1 aromatic rings. The van der Waals surface area contributed by atoms with Crippen LogP contribution in [0, 0.1) is 0 Å². The topological polar surface area (TPSA) is 44.3 Å². The third kappa shape index (κ3) is 5.11. The van der Waals surface area contributed by atoms with Gasteiger partial charge in [-0.05, 0) is 29.9 Å². The van der Waals surface area contributed by atoms with Crippen molar-refractivity contribution in [1.82, 2.24) is 10.6 Å². The van der Waals surface area contributed by atoms with Gasteiger partial charge in [-0.15, -0.1) is 0 Å². The Labute approximate surface area is 103 Å². The zero-order valence-electron chi connectivity index (χ0n) is 8.16. The highest BCUT2D eigenvalue weighted by atomic mass is 79.9. The molecule has 0 bridgehead atoms. The Balaban J connectivity index is 2.30. The van der Waals surface area contributed by atoms with Gasteiger partial charge in [-0.1, -0.05) is 28.1 Å². The van der Waals surface area contributed by atoms with Gasteiger partial charge in [0.25, 0.3) is 0 Å². The molecule has 0 heterocycles. The minimum Gasteiger partial charge on any atom is -0.395 e. The maximum atomic E-state index is 8.58. The van der Waals surface area contributed by atoms with Gasteiger partial charge in [0.2, 0.25) is 0 Å². The van der Waals surface area contributed by atoms with Crippen LogP contribution in [0.1, 0.15) is 5.56 Å². The number of thiocarbonyl (C=S) groups is 1. The zero-order chi connectivity index (χ0) is 11.1. The molecule has 0 atom stereocenters. The monoisotopic (exact) mass is 288 g/mol. The van der Waals surface area contributed by atoms with E-state index in [1.807, 2.05) is 24.3 Å². The summed E-state index contributed by atoms with van der Waals surface area (Å²) in [6, 6.07) is 8.01. The summed E-state index contributed by atoms with van der Waals surface area (Å²) >= 11 is 8.38. The smallest absolute Gasteiger partial charge is 0.166 e. The molecule has 0 aromatic heterocycles. The summed E-state index contributed by atoms with van der Waals surface area (Å²) in [6.07, 6.45) is 0. The number of aliphatic hydroxyl groups excluding tert-OH is 1. The average molecular weight is 289 g/mol. The first kappa shape index (κ1) is 12.4. The van der Waals surface area contributed by atoms with E-state index in [2.05, 4.69) is 26.6 Å². The fraction of sp³-hybridized carbons (Fsp3) is 0.300. The Morgan fingerprint density at radius 3 is 2.53 bits per heavy atom. The third-order valence-corrected chi connectivity index (χ3v) is 2.58. The molecular formula is C10H13BrN2OS. The van der Waals surface area contributed by atoms with Crippen LogP contribution in [0.2, 0.25) is 0 Å². The van der Waals surface area contributed by atoms with Crippen molar-refractivity contribution in [3.8, 4) is 0 Å². The molecule has 0 aliphatic rings. The fourth-order valence-corrected chi connectivity index (χ4v) is 1.46. The molecule has 0 saturated carbocycles. The standard InChI is InChI=1S/C10H13BrN2OS/c11-9-3-1-8(2-4-9)7-13-10(15)12-5-6-14/h1-4,14H,5-7H2,(H2,12,13,15). The molecule has 1 rings (SSSR count). The first-order valence-electron chi connectivity index (χ1n) is 4.59. The van der Waals surface area contributed by atoms with Gasteiger partial charge in [-0.2, -0.15) is 0 Å². The van der Waals surface area contributed by atoms with Crippen molar-refractivity contribution in [2.24, 2.45) is 0 Å². The number of hydrogen-bond acceptors (Lipinski definition) is 2. The van der Waals surface area contributed by atoms with E-state index in [1.54, 1.807) is 0 Å². The van der Waals surface area contributed by atoms with Crippen LogP contribution in [0.5, 0.6) is 0 Å². The van der Waals surface area contributed by atoms with Crippen LogP contribution in [-0.2, 0) is 6.54 Å². The highest BCUT2D eigenvalue weighted by molar-refractivity contribution is 9.10. The van der Waals surface area contributed by atoms with E-state index in [4.69, 9.17) is 17.3 Å². The van der Waals surface area contributed by atoms with Gasteiger partial charge >= 0.3 is 0 Å². The van der Waals surface area contributed by atoms with E-state index in [9.17, 15) is 0 Å². The van der Waals surface area contributed by atoms with Crippen molar-refractivity contribution in [1.29, 1.82) is 0 Å². The normalized spacial score (nSPS) is 9.73. The van der Waals surface area contributed by atoms with Crippen molar-refractivity contribution in [2.75, 3.05) is 13.2 Å². The van der Waals surface area contributed by atoms with E-state index < -0.39 is 0 Å². The number of hydrogen-bond donors (Lipinski definition) is 3. The van der Waals surface area contributed by atoms with Gasteiger partial charge in [0, 0.05) is 17.6 Å². The van der Waals surface area contributed by atoms with Crippen LogP contribution in [0.4, 0.5) is 0 Å². The molecule has 5 heteroatoms. The van der Waals surface area contributed by atoms with Crippen LogP contribution in [0.3, 0.4) is 0 Å². The van der Waals surface area contributed by atoms with E-state index in [0.29, 0.717) is 18.2 Å². The lowest BCUT2D eigenvalue weighted by molar-refractivity contribution is 0.300. The highest BCUT2D eigenvalue weighted by Gasteiger charge is 1.95. The average Bonchev–Trinajstić information content (AvgIpc) is 2.25. The van der Waals surface area contributed by atoms with Gasteiger partial charge in [-0.25, -0.2) is 0 Å². The van der Waals surface area contributed by atoms with Crippen molar-refractivity contribution < 1.29 is 5.11 Å². The van der Waals surface area contributed by atoms with Crippen LogP contribution in [0.15, 0.2) is 28.7 Å². The Bertz CT molecular complexity index is 316. The summed E-state index contributed by atoms with van der Waals surface area (Å²) in [4.78, 5) is 0. The van der Waals surface area contributed by atoms with Crippen molar-refractivity contribution in [3.63, 3.8) is 0 Å². The molecule has 1 aromatic carbocycles. The number of rotatable bonds is 4. The number of halogens is 1. The van der Waals surface area contributed by atoms with Crippen LogP contribution in [0.25, 0.3) is 0 Å². The lowest BCUT2D eigenvalue weighted by Crippen LogP contribution is -2.36. The van der Waals surface area contributed by atoms with Gasteiger partial charge in [0.05, 0.1) is 6.61 Å². The SMILES string of the molecule is OCCNC(=S)NCc1ccc(Br)cc1. The molecule has 0 spiro atoms. The van der Waals surface area contributed by atoms with Crippen molar-refractivity contribution in [2.45, 2.75) is 6.54 Å². The minimum atomic E-state index is 0.0834. The van der Waals surface area contributed by atoms with Crippen LogP contribution in [-0.4, -0.2) is 23.4 Å². The van der Waals surface area contributed by atoms with Crippen LogP contribution >= 0.6 is 28.1 Å². The maximum absolute atomic E-state index is 8.58. The highest BCUT2D eigenvalue weighted by Crippen LogP contribution is 2.09. The largest absolute Gasteiger partial charge is 0.395 e. The van der Waals surface area contributed by atoms with Gasteiger partial charge in [-0.3, -0.25) is 0 Å². The summed E-state index contributed by atoms with van der Waals surface area (Å²) in [6.45, 7) is 1.25. The van der Waals surface area contributed by atoms with Gasteiger partial charge < -0.3 is 15.7 Å². The molecule has 3 nitrogen and oxygen atoms in total. The summed E-state index contributed by atoms with van der Waals surface area (Å²) in [7, 11) is 0. The number of aliphatic hydroxyl groups is 1. The molecule has 3 N–H and O–H groups in total. The molecule has 15 heavy (non-hydrogen) atoms. The molecule has 0 radical (unpaired) electrons. The predicted octanol–water partition coefficient (Wildman–Crippen LogP) is 1.41. The quantitative estimate of drug-likeness (QED) is 0.733. The minimum absolute atomic E-state index is 0.0834. The zero-order valence-corrected chi connectivity index (χ0v) is 10.6. The lowest BCUT2D eigenvalue weighted by atomic mass is 10.2. The van der Waals surface area contributed by atoms with Crippen molar-refractivity contribution in [3.05, 3.63) is 34.3 Å². The fourth-order valence-electron chi connectivity index (χ4n) is 1.02. The lowest BCUT2D eigenvalue weighted by Gasteiger charge is -2.09. The summed E-state index contributed by atoms with van der Waals surface area (Å²) in [5.41, 5.74) is 1.16. The molecule has 0 fully saturated rings. The van der Waals surface area contributed by atoms with E-state index in [-0.39, 0.29) is 6.61 Å². The first-order chi connectivity index (χ1) is 7.22.